The summed E-state index contributed by atoms with van der Waals surface area (Å²) in [6.45, 7) is 4.21. The molecule has 0 amide bonds. The molecule has 0 saturated carbocycles. The second-order valence-electron chi connectivity index (χ2n) is 25.5. The van der Waals surface area contributed by atoms with Gasteiger partial charge in [0.15, 0.2) is 12.2 Å². The Labute approximate surface area is 651 Å². The first-order valence-electron chi connectivity index (χ1n) is 40.0. The zero-order valence-corrected chi connectivity index (χ0v) is 68.0. The maximum Gasteiger partial charge on any atom is 0.472 e. The Morgan fingerprint density at radius 1 is 0.269 bits per heavy atom. The molecule has 0 aliphatic rings. The summed E-state index contributed by atoms with van der Waals surface area (Å²) in [7, 11) is -10.0. The number of hydrogen-bond acceptors (Lipinski definition) is 15. The summed E-state index contributed by atoms with van der Waals surface area (Å²) < 4.78 is 68.4. The normalized spacial score (nSPS) is 15.0. The van der Waals surface area contributed by atoms with Crippen molar-refractivity contribution in [1.29, 1.82) is 0 Å². The van der Waals surface area contributed by atoms with E-state index in [-0.39, 0.29) is 25.7 Å². The summed E-state index contributed by atoms with van der Waals surface area (Å²) in [5.41, 5.74) is 0. The molecule has 0 saturated heterocycles. The molecular weight excluding hydrogens is 1400 g/mol. The van der Waals surface area contributed by atoms with Crippen LogP contribution >= 0.6 is 15.6 Å². The Hall–Kier alpha value is -6.62. The number of phosphoric ester groups is 2. The molecule has 0 fully saturated rings. The van der Waals surface area contributed by atoms with Crippen molar-refractivity contribution in [1.82, 2.24) is 0 Å². The fraction of sp³-hybridized carbons (Fsp3) is 0.551. The van der Waals surface area contributed by atoms with Crippen molar-refractivity contribution in [3.63, 3.8) is 0 Å². The van der Waals surface area contributed by atoms with Gasteiger partial charge in [-0.15, -0.1) is 0 Å². The van der Waals surface area contributed by atoms with Crippen LogP contribution in [-0.2, 0) is 65.4 Å². The van der Waals surface area contributed by atoms with Crippen LogP contribution < -0.4 is 0 Å². The van der Waals surface area contributed by atoms with Crippen molar-refractivity contribution in [2.24, 2.45) is 0 Å². The number of ether oxygens (including phenoxy) is 4. The number of hydrogen-bond donors (Lipinski definition) is 3. The Morgan fingerprint density at radius 2 is 0.509 bits per heavy atom. The molecule has 0 bridgehead atoms. The fourth-order valence-electron chi connectivity index (χ4n) is 9.46. The van der Waals surface area contributed by atoms with Gasteiger partial charge < -0.3 is 33.8 Å². The van der Waals surface area contributed by atoms with Gasteiger partial charge in [-0.3, -0.25) is 37.3 Å². The highest BCUT2D eigenvalue weighted by Crippen LogP contribution is 2.45. The number of rotatable bonds is 72. The van der Waals surface area contributed by atoms with Crippen LogP contribution in [0.15, 0.2) is 219 Å². The third kappa shape index (κ3) is 77.5. The van der Waals surface area contributed by atoms with E-state index in [0.29, 0.717) is 38.5 Å². The molecule has 0 heterocycles. The molecule has 17 nitrogen and oxygen atoms in total. The van der Waals surface area contributed by atoms with Gasteiger partial charge in [-0.2, -0.15) is 0 Å². The predicted octanol–water partition coefficient (Wildman–Crippen LogP) is 23.7. The van der Waals surface area contributed by atoms with Gasteiger partial charge in [-0.05, 0) is 173 Å². The molecule has 0 aromatic rings. The number of allylic oxidation sites excluding steroid dienone is 36. The van der Waals surface area contributed by atoms with E-state index in [4.69, 9.17) is 37.0 Å². The van der Waals surface area contributed by atoms with Crippen molar-refractivity contribution < 1.29 is 80.2 Å². The number of esters is 4. The summed E-state index contributed by atoms with van der Waals surface area (Å²) in [5.74, 6) is -2.42. The van der Waals surface area contributed by atoms with Gasteiger partial charge in [0.25, 0.3) is 0 Å². The lowest BCUT2D eigenvalue weighted by atomic mass is 10.1. The van der Waals surface area contributed by atoms with E-state index in [1.807, 2.05) is 30.4 Å². The summed E-state index contributed by atoms with van der Waals surface area (Å²) in [6.07, 6.45) is 99.4. The molecular formula is C89H138O17P2. The Morgan fingerprint density at radius 3 is 0.843 bits per heavy atom. The van der Waals surface area contributed by atoms with Crippen LogP contribution in [0, 0.1) is 0 Å². The average molecular weight is 1540 g/mol. The number of aliphatic hydroxyl groups is 1. The van der Waals surface area contributed by atoms with Gasteiger partial charge in [-0.25, -0.2) is 9.13 Å². The number of unbranched alkanes of at least 4 members (excludes halogenated alkanes) is 10. The van der Waals surface area contributed by atoms with Gasteiger partial charge in [-0.1, -0.05) is 279 Å². The van der Waals surface area contributed by atoms with Crippen LogP contribution in [0.2, 0.25) is 0 Å². The van der Waals surface area contributed by atoms with Gasteiger partial charge in [0.05, 0.1) is 26.4 Å². The highest BCUT2D eigenvalue weighted by molar-refractivity contribution is 7.47. The summed E-state index contributed by atoms with van der Waals surface area (Å²) in [5, 5.41) is 10.6. The molecule has 0 radical (unpaired) electrons. The predicted molar refractivity (Wildman–Crippen MR) is 445 cm³/mol. The quantitative estimate of drug-likeness (QED) is 0.0169. The van der Waals surface area contributed by atoms with Crippen molar-refractivity contribution in [3.05, 3.63) is 219 Å². The summed E-state index contributed by atoms with van der Waals surface area (Å²) in [6, 6.07) is 0. The van der Waals surface area contributed by atoms with E-state index < -0.39 is 97.5 Å². The van der Waals surface area contributed by atoms with Crippen LogP contribution in [0.5, 0.6) is 0 Å². The molecule has 606 valence electrons. The standard InChI is InChI=1S/C89H138O17P2/c1-5-9-13-17-21-25-29-33-36-39-41-44-46-50-53-57-61-65-69-73-86(91)99-79-84(105-88(93)75-71-67-63-59-55-49-32-28-24-20-16-12-8-4)81-103-107(95,96)101-77-83(90)78-102-108(97,98)104-82-85(106-89(94)76-72-68-64-60-56-52-48-43-38-35-31-27-23-19-15-11-7-3)80-100-87(92)74-70-66-62-58-54-51-47-45-42-40-37-34-30-26-22-18-14-10-6-2/h9-11,13-16,20-23,25-28,32-38,41-42,44-45,48,50-54,60-61,64-65,83-85,90H,5-8,12,17-19,24,29-31,39-40,43,46-47,49,55-59,62-63,66-82H2,1-4H3,(H,95,96)(H,97,98)/b13-9-,14-10-,15-11-,20-16-,25-21-,26-22-,27-23-,32-28-,36-33-,37-34-,38-35-,44-41-,45-42-,52-48-,53-50-,54-51-,64-60-,65-61-. The zero-order chi connectivity index (χ0) is 78.9. The minimum absolute atomic E-state index is 0.00291. The third-order valence-electron chi connectivity index (χ3n) is 15.4. The van der Waals surface area contributed by atoms with E-state index in [9.17, 15) is 43.2 Å². The van der Waals surface area contributed by atoms with E-state index in [2.05, 4.69) is 216 Å². The van der Waals surface area contributed by atoms with Gasteiger partial charge in [0.2, 0.25) is 0 Å². The lowest BCUT2D eigenvalue weighted by Crippen LogP contribution is -2.30. The first-order valence-corrected chi connectivity index (χ1v) is 43.0. The van der Waals surface area contributed by atoms with Crippen LogP contribution in [0.3, 0.4) is 0 Å². The molecule has 5 unspecified atom stereocenters. The van der Waals surface area contributed by atoms with Gasteiger partial charge in [0, 0.05) is 25.7 Å². The number of phosphoric acid groups is 2. The first-order chi connectivity index (χ1) is 52.7. The fourth-order valence-corrected chi connectivity index (χ4v) is 11.0. The largest absolute Gasteiger partial charge is 0.472 e. The minimum atomic E-state index is -5.02. The molecule has 0 aromatic carbocycles. The van der Waals surface area contributed by atoms with Gasteiger partial charge in [0.1, 0.15) is 19.3 Å². The van der Waals surface area contributed by atoms with Crippen molar-refractivity contribution in [2.75, 3.05) is 39.6 Å². The lowest BCUT2D eigenvalue weighted by molar-refractivity contribution is -0.161. The average Bonchev–Trinajstić information content (AvgIpc) is 0.916. The first kappa shape index (κ1) is 101. The molecule has 0 aliphatic heterocycles. The monoisotopic (exact) mass is 1540 g/mol. The molecule has 0 spiro atoms. The van der Waals surface area contributed by atoms with E-state index in [1.165, 1.54) is 0 Å². The molecule has 0 aromatic heterocycles. The van der Waals surface area contributed by atoms with Crippen LogP contribution in [0.1, 0.15) is 259 Å². The lowest BCUT2D eigenvalue weighted by Gasteiger charge is -2.21. The molecule has 19 heteroatoms. The van der Waals surface area contributed by atoms with Gasteiger partial charge >= 0.3 is 39.5 Å². The molecule has 5 atom stereocenters. The molecule has 108 heavy (non-hydrogen) atoms. The Bertz CT molecular complexity index is 2910. The topological polar surface area (TPSA) is 237 Å². The SMILES string of the molecule is CC/C=C\C/C=C\C/C=C\C/C=C\C/C=C\C/C=C\CCC(=O)OCC(COP(=O)(O)OCC(O)COP(=O)(O)OCC(COC(=O)CCCCC/C=C\C/C=C\C/C=C\C/C=C\C/C=C\CC)OC(=O)CCC/C=C\C/C=C\C/C=C\C/C=C\C/C=C\CC)OC(=O)CCCCCCC/C=C\C/C=C\CCC. The van der Waals surface area contributed by atoms with Crippen LogP contribution in [0.4, 0.5) is 0 Å². The second-order valence-corrected chi connectivity index (χ2v) is 28.4. The molecule has 3 N–H and O–H groups in total. The second kappa shape index (κ2) is 78.5. The van der Waals surface area contributed by atoms with E-state index in [1.54, 1.807) is 0 Å². The van der Waals surface area contributed by atoms with Crippen molar-refractivity contribution >= 4 is 39.5 Å². The minimum Gasteiger partial charge on any atom is -0.462 e. The Kier molecular flexibility index (Phi) is 73.7. The molecule has 0 rings (SSSR count). The van der Waals surface area contributed by atoms with Crippen LogP contribution in [0.25, 0.3) is 0 Å². The zero-order valence-electron chi connectivity index (χ0n) is 66.2. The number of aliphatic hydroxyl groups excluding tert-OH is 1. The maximum absolute atomic E-state index is 13.1. The van der Waals surface area contributed by atoms with Crippen LogP contribution in [-0.4, -0.2) is 96.7 Å². The summed E-state index contributed by atoms with van der Waals surface area (Å²) in [4.78, 5) is 73.0. The van der Waals surface area contributed by atoms with Crippen molar-refractivity contribution in [2.45, 2.75) is 277 Å². The highest BCUT2D eigenvalue weighted by Gasteiger charge is 2.30. The number of carbonyl (C=O) groups is 4. The van der Waals surface area contributed by atoms with E-state index >= 15 is 0 Å². The van der Waals surface area contributed by atoms with Crippen molar-refractivity contribution in [3.8, 4) is 0 Å². The summed E-state index contributed by atoms with van der Waals surface area (Å²) >= 11 is 0. The number of carbonyl (C=O) groups excluding carboxylic acids is 4. The highest BCUT2D eigenvalue weighted by atomic mass is 31.2. The maximum atomic E-state index is 13.1. The smallest absolute Gasteiger partial charge is 0.462 e. The third-order valence-corrected chi connectivity index (χ3v) is 17.3. The molecule has 0 aliphatic carbocycles. The van der Waals surface area contributed by atoms with E-state index in [0.717, 1.165) is 167 Å². The Balaban J connectivity index is 5.54.